The van der Waals surface area contributed by atoms with Crippen molar-refractivity contribution in [3.05, 3.63) is 0 Å². The molecule has 0 bridgehead atoms. The molecule has 2 heterocycles. The van der Waals surface area contributed by atoms with Crippen molar-refractivity contribution in [1.82, 2.24) is 0 Å². The zero-order valence-electron chi connectivity index (χ0n) is 6.32. The van der Waals surface area contributed by atoms with E-state index in [0.29, 0.717) is 10.7 Å². The SMILES string of the molecule is C1COC(C2SCCS2)CO1. The number of hydrogen-bond donors (Lipinski definition) is 0. The van der Waals surface area contributed by atoms with E-state index in [1.807, 2.05) is 23.5 Å². The van der Waals surface area contributed by atoms with Crippen molar-refractivity contribution in [2.24, 2.45) is 0 Å². The Morgan fingerprint density at radius 1 is 1.09 bits per heavy atom. The minimum absolute atomic E-state index is 0.348. The van der Waals surface area contributed by atoms with Crippen LogP contribution in [0.3, 0.4) is 0 Å². The molecule has 0 N–H and O–H groups in total. The molecule has 2 rings (SSSR count). The minimum atomic E-state index is 0.348. The van der Waals surface area contributed by atoms with Crippen LogP contribution in [0.25, 0.3) is 0 Å². The molecule has 2 saturated heterocycles. The molecule has 4 heteroatoms. The maximum Gasteiger partial charge on any atom is 0.102 e. The van der Waals surface area contributed by atoms with E-state index < -0.39 is 0 Å². The van der Waals surface area contributed by atoms with Gasteiger partial charge < -0.3 is 9.47 Å². The molecule has 0 aromatic carbocycles. The van der Waals surface area contributed by atoms with E-state index in [9.17, 15) is 0 Å². The second-order valence-corrected chi connectivity index (χ2v) is 5.39. The Morgan fingerprint density at radius 3 is 2.55 bits per heavy atom. The summed E-state index contributed by atoms with van der Waals surface area (Å²) in [6.07, 6.45) is 0.348. The quantitative estimate of drug-likeness (QED) is 0.621. The van der Waals surface area contributed by atoms with Crippen LogP contribution in [-0.2, 0) is 9.47 Å². The molecule has 0 spiro atoms. The van der Waals surface area contributed by atoms with Gasteiger partial charge in [0.15, 0.2) is 0 Å². The van der Waals surface area contributed by atoms with Gasteiger partial charge in [-0.2, -0.15) is 0 Å². The van der Waals surface area contributed by atoms with Crippen LogP contribution in [0.4, 0.5) is 0 Å². The third-order valence-corrected chi connectivity index (χ3v) is 5.01. The average Bonchev–Trinajstić information content (AvgIpc) is 2.58. The lowest BCUT2D eigenvalue weighted by Gasteiger charge is -2.26. The predicted molar refractivity (Wildman–Crippen MR) is 49.3 cm³/mol. The maximum absolute atomic E-state index is 5.60. The average molecular weight is 192 g/mol. The van der Waals surface area contributed by atoms with E-state index >= 15 is 0 Å². The highest BCUT2D eigenvalue weighted by atomic mass is 32.2. The fourth-order valence-corrected chi connectivity index (χ4v) is 4.19. The van der Waals surface area contributed by atoms with Crippen molar-refractivity contribution in [3.8, 4) is 0 Å². The lowest BCUT2D eigenvalue weighted by molar-refractivity contribution is -0.0805. The fraction of sp³-hybridized carbons (Fsp3) is 1.00. The molecule has 0 amide bonds. The van der Waals surface area contributed by atoms with Gasteiger partial charge in [0.2, 0.25) is 0 Å². The van der Waals surface area contributed by atoms with Gasteiger partial charge in [-0.1, -0.05) is 0 Å². The van der Waals surface area contributed by atoms with E-state index in [4.69, 9.17) is 9.47 Å². The smallest absolute Gasteiger partial charge is 0.102 e. The van der Waals surface area contributed by atoms with Crippen molar-refractivity contribution in [2.45, 2.75) is 10.7 Å². The van der Waals surface area contributed by atoms with E-state index in [2.05, 4.69) is 0 Å². The second-order valence-electron chi connectivity index (χ2n) is 2.59. The lowest BCUT2D eigenvalue weighted by atomic mass is 10.4. The summed E-state index contributed by atoms with van der Waals surface area (Å²) in [6, 6.07) is 0. The van der Waals surface area contributed by atoms with E-state index in [1.54, 1.807) is 0 Å². The molecule has 2 fully saturated rings. The van der Waals surface area contributed by atoms with Crippen LogP contribution < -0.4 is 0 Å². The van der Waals surface area contributed by atoms with Crippen molar-refractivity contribution >= 4 is 23.5 Å². The number of hydrogen-bond acceptors (Lipinski definition) is 4. The van der Waals surface area contributed by atoms with Crippen molar-refractivity contribution in [1.29, 1.82) is 0 Å². The van der Waals surface area contributed by atoms with Crippen molar-refractivity contribution in [3.63, 3.8) is 0 Å². The normalized spacial score (nSPS) is 34.4. The molecule has 1 unspecified atom stereocenters. The number of thioether (sulfide) groups is 2. The van der Waals surface area contributed by atoms with Crippen LogP contribution in [0.15, 0.2) is 0 Å². The van der Waals surface area contributed by atoms with E-state index in [1.165, 1.54) is 11.5 Å². The van der Waals surface area contributed by atoms with Gasteiger partial charge in [-0.3, -0.25) is 0 Å². The highest BCUT2D eigenvalue weighted by Gasteiger charge is 2.28. The summed E-state index contributed by atoms with van der Waals surface area (Å²) in [6.45, 7) is 2.35. The summed E-state index contributed by atoms with van der Waals surface area (Å²) in [4.78, 5) is 0. The summed E-state index contributed by atoms with van der Waals surface area (Å²) in [5.74, 6) is 2.55. The fourth-order valence-electron chi connectivity index (χ4n) is 1.25. The van der Waals surface area contributed by atoms with Gasteiger partial charge in [0.1, 0.15) is 6.10 Å². The summed E-state index contributed by atoms with van der Waals surface area (Å²) in [5.41, 5.74) is 0. The highest BCUT2D eigenvalue weighted by molar-refractivity contribution is 8.20. The molecule has 11 heavy (non-hydrogen) atoms. The molecule has 0 saturated carbocycles. The summed E-state index contributed by atoms with van der Waals surface area (Å²) in [7, 11) is 0. The van der Waals surface area contributed by atoms with Crippen molar-refractivity contribution in [2.75, 3.05) is 31.3 Å². The van der Waals surface area contributed by atoms with Gasteiger partial charge in [-0.05, 0) is 0 Å². The molecular formula is C7H12O2S2. The highest BCUT2D eigenvalue weighted by Crippen LogP contribution is 2.36. The van der Waals surface area contributed by atoms with Crippen LogP contribution in [0.5, 0.6) is 0 Å². The first-order valence-electron chi connectivity index (χ1n) is 3.89. The number of ether oxygens (including phenoxy) is 2. The molecule has 1 atom stereocenters. The molecule has 2 aliphatic heterocycles. The van der Waals surface area contributed by atoms with Gasteiger partial charge >= 0.3 is 0 Å². The molecule has 0 aliphatic carbocycles. The van der Waals surface area contributed by atoms with Gasteiger partial charge in [-0.15, -0.1) is 23.5 Å². The summed E-state index contributed by atoms with van der Waals surface area (Å²) < 4.78 is 11.6. The molecule has 64 valence electrons. The van der Waals surface area contributed by atoms with Crippen LogP contribution >= 0.6 is 23.5 Å². The van der Waals surface area contributed by atoms with Crippen LogP contribution in [0.2, 0.25) is 0 Å². The Kier molecular flexibility index (Phi) is 3.01. The zero-order valence-corrected chi connectivity index (χ0v) is 7.96. The summed E-state index contributed by atoms with van der Waals surface area (Å²) in [5, 5.41) is 0. The minimum Gasteiger partial charge on any atom is -0.376 e. The van der Waals surface area contributed by atoms with Gasteiger partial charge in [0, 0.05) is 11.5 Å². The Labute approximate surface area is 75.4 Å². The molecule has 0 aromatic rings. The Balaban J connectivity index is 1.82. The van der Waals surface area contributed by atoms with Crippen LogP contribution in [-0.4, -0.2) is 42.0 Å². The first kappa shape index (κ1) is 8.23. The maximum atomic E-state index is 5.60. The van der Waals surface area contributed by atoms with Crippen LogP contribution in [0.1, 0.15) is 0 Å². The standard InChI is InChI=1S/C7H12O2S2/c1-2-9-6(5-8-1)7-10-3-4-11-7/h6-7H,1-5H2. The van der Waals surface area contributed by atoms with Crippen molar-refractivity contribution < 1.29 is 9.47 Å². The second kappa shape index (κ2) is 4.03. The van der Waals surface area contributed by atoms with Gasteiger partial charge in [0.25, 0.3) is 0 Å². The third-order valence-electron chi connectivity index (χ3n) is 1.79. The molecule has 0 aromatic heterocycles. The summed E-state index contributed by atoms with van der Waals surface area (Å²) >= 11 is 4.01. The largest absolute Gasteiger partial charge is 0.376 e. The molecule has 0 radical (unpaired) electrons. The van der Waals surface area contributed by atoms with E-state index in [0.717, 1.165) is 19.8 Å². The Morgan fingerprint density at radius 2 is 1.91 bits per heavy atom. The monoisotopic (exact) mass is 192 g/mol. The lowest BCUT2D eigenvalue weighted by Crippen LogP contribution is -2.34. The predicted octanol–water partition coefficient (Wildman–Crippen LogP) is 1.21. The Bertz CT molecular complexity index is 120. The first-order valence-corrected chi connectivity index (χ1v) is 5.99. The third kappa shape index (κ3) is 2.05. The van der Waals surface area contributed by atoms with Gasteiger partial charge in [-0.25, -0.2) is 0 Å². The zero-order chi connectivity index (χ0) is 7.52. The van der Waals surface area contributed by atoms with E-state index in [-0.39, 0.29) is 0 Å². The Hall–Kier alpha value is 0.620. The van der Waals surface area contributed by atoms with Gasteiger partial charge in [0.05, 0.1) is 24.4 Å². The molecule has 2 nitrogen and oxygen atoms in total. The number of rotatable bonds is 1. The molecule has 2 aliphatic rings. The molecular weight excluding hydrogens is 180 g/mol. The van der Waals surface area contributed by atoms with Crippen LogP contribution in [0, 0.1) is 0 Å². The first-order chi connectivity index (χ1) is 5.47. The topological polar surface area (TPSA) is 18.5 Å².